The Morgan fingerprint density at radius 3 is 2.79 bits per heavy atom. The topological polar surface area (TPSA) is 62.2 Å². The number of guanidine groups is 1. The second-order valence-electron chi connectivity index (χ2n) is 4.26. The van der Waals surface area contributed by atoms with Gasteiger partial charge in [0.25, 0.3) is 5.96 Å². The highest BCUT2D eigenvalue weighted by atomic mass is 15.5. The van der Waals surface area contributed by atoms with E-state index in [4.69, 9.17) is 11.1 Å². The van der Waals surface area contributed by atoms with Gasteiger partial charge in [-0.05, 0) is 19.3 Å². The SMILES string of the molecule is N=C(N)[N+]12CCCCCC1=NCCC2. The third-order valence-electron chi connectivity index (χ3n) is 3.39. The number of nitrogens with zero attached hydrogens (tertiary/aromatic N) is 2. The highest BCUT2D eigenvalue weighted by Crippen LogP contribution is 2.24. The molecule has 0 aliphatic carbocycles. The highest BCUT2D eigenvalue weighted by molar-refractivity contribution is 5.88. The minimum atomic E-state index is 0.297. The third-order valence-corrected chi connectivity index (χ3v) is 3.39. The molecule has 0 aromatic carbocycles. The fourth-order valence-electron chi connectivity index (χ4n) is 2.57. The molecule has 2 aliphatic heterocycles. The maximum absolute atomic E-state index is 7.77. The fraction of sp³-hybridized carbons (Fsp3) is 0.800. The van der Waals surface area contributed by atoms with Crippen molar-refractivity contribution in [2.24, 2.45) is 10.7 Å². The first-order chi connectivity index (χ1) is 6.76. The molecular weight excluding hydrogens is 176 g/mol. The summed E-state index contributed by atoms with van der Waals surface area (Å²) in [5.74, 6) is 1.46. The molecule has 0 aromatic heterocycles. The summed E-state index contributed by atoms with van der Waals surface area (Å²) in [7, 11) is 0. The van der Waals surface area contributed by atoms with Crippen molar-refractivity contribution in [3.05, 3.63) is 0 Å². The number of quaternary nitrogens is 1. The van der Waals surface area contributed by atoms with Gasteiger partial charge in [-0.3, -0.25) is 0 Å². The summed E-state index contributed by atoms with van der Waals surface area (Å²) in [5.41, 5.74) is 5.76. The molecule has 2 aliphatic rings. The monoisotopic (exact) mass is 195 g/mol. The van der Waals surface area contributed by atoms with Crippen molar-refractivity contribution in [2.45, 2.75) is 32.1 Å². The minimum absolute atomic E-state index is 0.297. The fourth-order valence-corrected chi connectivity index (χ4v) is 2.57. The molecular formula is C10H19N4+. The molecule has 78 valence electrons. The lowest BCUT2D eigenvalue weighted by atomic mass is 10.2. The molecule has 0 spiro atoms. The van der Waals surface area contributed by atoms with Crippen LogP contribution in [0.25, 0.3) is 0 Å². The molecule has 0 aromatic rings. The molecule has 1 fully saturated rings. The quantitative estimate of drug-likeness (QED) is 0.339. The standard InChI is InChI=1S/C10H19N4/c11-10(12)14-7-3-1-2-5-9(14)13-6-4-8-14/h1-8H2,(H3,11,12)/q+1. The molecule has 2 heterocycles. The smallest absolute Gasteiger partial charge is 0.298 e. The first kappa shape index (κ1) is 9.65. The largest absolute Gasteiger partial charge is 0.338 e. The Hall–Kier alpha value is -0.900. The zero-order chi connectivity index (χ0) is 10.0. The van der Waals surface area contributed by atoms with Gasteiger partial charge in [-0.1, -0.05) is 0 Å². The van der Waals surface area contributed by atoms with E-state index in [0.717, 1.165) is 32.5 Å². The lowest BCUT2D eigenvalue weighted by Gasteiger charge is -2.37. The van der Waals surface area contributed by atoms with Gasteiger partial charge in [0.1, 0.15) is 0 Å². The normalized spacial score (nSPS) is 32.7. The molecule has 0 radical (unpaired) electrons. The summed E-state index contributed by atoms with van der Waals surface area (Å²) in [6, 6.07) is 0. The second-order valence-corrected chi connectivity index (χ2v) is 4.26. The van der Waals surface area contributed by atoms with E-state index in [0.29, 0.717) is 10.4 Å². The van der Waals surface area contributed by atoms with Gasteiger partial charge in [-0.15, -0.1) is 0 Å². The van der Waals surface area contributed by atoms with Crippen LogP contribution in [0.4, 0.5) is 0 Å². The first-order valence-electron chi connectivity index (χ1n) is 5.51. The van der Waals surface area contributed by atoms with Crippen LogP contribution in [0.1, 0.15) is 32.1 Å². The number of hydrogen-bond acceptors (Lipinski definition) is 2. The number of nitrogens with two attached hydrogens (primary N) is 1. The van der Waals surface area contributed by atoms with Crippen molar-refractivity contribution in [2.75, 3.05) is 19.6 Å². The van der Waals surface area contributed by atoms with Crippen LogP contribution in [0.3, 0.4) is 0 Å². The molecule has 0 amide bonds. The molecule has 0 bridgehead atoms. The van der Waals surface area contributed by atoms with Crippen LogP contribution < -0.4 is 5.73 Å². The van der Waals surface area contributed by atoms with Gasteiger partial charge in [-0.25, -0.2) is 14.9 Å². The van der Waals surface area contributed by atoms with Gasteiger partial charge in [0, 0.05) is 12.8 Å². The van der Waals surface area contributed by atoms with Crippen molar-refractivity contribution >= 4 is 11.8 Å². The first-order valence-corrected chi connectivity index (χ1v) is 5.51. The Morgan fingerprint density at radius 1 is 1.21 bits per heavy atom. The number of amidine groups is 1. The van der Waals surface area contributed by atoms with Crippen molar-refractivity contribution in [1.29, 1.82) is 5.41 Å². The van der Waals surface area contributed by atoms with Gasteiger partial charge < -0.3 is 5.73 Å². The number of rotatable bonds is 0. The predicted octanol–water partition coefficient (Wildman–Crippen LogP) is 1.07. The second kappa shape index (κ2) is 3.69. The molecule has 2 rings (SSSR count). The van der Waals surface area contributed by atoms with Gasteiger partial charge in [-0.2, -0.15) is 0 Å². The maximum atomic E-state index is 7.77. The molecule has 14 heavy (non-hydrogen) atoms. The van der Waals surface area contributed by atoms with E-state index < -0.39 is 0 Å². The van der Waals surface area contributed by atoms with Gasteiger partial charge in [0.2, 0.25) is 5.84 Å². The maximum Gasteiger partial charge on any atom is 0.298 e. The summed E-state index contributed by atoms with van der Waals surface area (Å²) < 4.78 is 0.583. The van der Waals surface area contributed by atoms with Crippen LogP contribution in [-0.4, -0.2) is 35.9 Å². The Bertz CT molecular complexity index is 271. The lowest BCUT2D eigenvalue weighted by molar-refractivity contribution is -0.754. The van der Waals surface area contributed by atoms with Crippen molar-refractivity contribution in [3.63, 3.8) is 0 Å². The van der Waals surface area contributed by atoms with Crippen molar-refractivity contribution in [1.82, 2.24) is 0 Å². The van der Waals surface area contributed by atoms with E-state index in [-0.39, 0.29) is 0 Å². The summed E-state index contributed by atoms with van der Waals surface area (Å²) in [5, 5.41) is 7.77. The lowest BCUT2D eigenvalue weighted by Crippen LogP contribution is -2.61. The molecule has 3 N–H and O–H groups in total. The van der Waals surface area contributed by atoms with E-state index in [2.05, 4.69) is 4.99 Å². The number of aliphatic imine (C=N–C) groups is 1. The Balaban J connectivity index is 2.34. The van der Waals surface area contributed by atoms with Crippen LogP contribution in [0.15, 0.2) is 4.99 Å². The number of fused-ring (bicyclic) bond motifs is 1. The number of nitrogens with one attached hydrogen (secondary N) is 1. The van der Waals surface area contributed by atoms with Gasteiger partial charge >= 0.3 is 0 Å². The zero-order valence-electron chi connectivity index (χ0n) is 8.63. The summed E-state index contributed by atoms with van der Waals surface area (Å²) in [6.45, 7) is 2.92. The molecule has 1 saturated heterocycles. The number of hydrogen-bond donors (Lipinski definition) is 2. The third kappa shape index (κ3) is 1.43. The van der Waals surface area contributed by atoms with E-state index in [1.54, 1.807) is 0 Å². The van der Waals surface area contributed by atoms with Crippen molar-refractivity contribution in [3.8, 4) is 0 Å². The average molecular weight is 195 g/mol. The van der Waals surface area contributed by atoms with Crippen molar-refractivity contribution < 1.29 is 4.48 Å². The molecule has 1 unspecified atom stereocenters. The minimum Gasteiger partial charge on any atom is -0.338 e. The van der Waals surface area contributed by atoms with Crippen LogP contribution >= 0.6 is 0 Å². The van der Waals surface area contributed by atoms with E-state index in [9.17, 15) is 0 Å². The summed E-state index contributed by atoms with van der Waals surface area (Å²) in [4.78, 5) is 4.57. The van der Waals surface area contributed by atoms with Crippen LogP contribution in [-0.2, 0) is 0 Å². The highest BCUT2D eigenvalue weighted by Gasteiger charge is 2.40. The molecule has 0 saturated carbocycles. The molecule has 4 nitrogen and oxygen atoms in total. The Morgan fingerprint density at radius 2 is 2.00 bits per heavy atom. The van der Waals surface area contributed by atoms with Crippen LogP contribution in [0.5, 0.6) is 0 Å². The van der Waals surface area contributed by atoms with Crippen LogP contribution in [0.2, 0.25) is 0 Å². The van der Waals surface area contributed by atoms with E-state index in [1.807, 2.05) is 0 Å². The van der Waals surface area contributed by atoms with E-state index in [1.165, 1.54) is 25.1 Å². The Labute approximate surface area is 84.9 Å². The summed E-state index contributed by atoms with van der Waals surface area (Å²) in [6.07, 6.45) is 5.76. The zero-order valence-corrected chi connectivity index (χ0v) is 8.63. The van der Waals surface area contributed by atoms with E-state index >= 15 is 0 Å². The van der Waals surface area contributed by atoms with Crippen LogP contribution in [0, 0.1) is 5.41 Å². The Kier molecular flexibility index (Phi) is 2.54. The van der Waals surface area contributed by atoms with Gasteiger partial charge in [0.15, 0.2) is 0 Å². The molecule has 4 heteroatoms. The van der Waals surface area contributed by atoms with Gasteiger partial charge in [0.05, 0.1) is 19.6 Å². The average Bonchev–Trinajstić information content (AvgIpc) is 2.40. The summed E-state index contributed by atoms with van der Waals surface area (Å²) >= 11 is 0. The predicted molar refractivity (Wildman–Crippen MR) is 57.3 cm³/mol. The molecule has 1 atom stereocenters.